The van der Waals surface area contributed by atoms with E-state index in [4.69, 9.17) is 9.26 Å². The summed E-state index contributed by atoms with van der Waals surface area (Å²) in [7, 11) is 0. The number of nitrogens with zero attached hydrogens (tertiary/aromatic N) is 2. The molecule has 0 saturated heterocycles. The molecule has 2 rings (SSSR count). The highest BCUT2D eigenvalue weighted by Gasteiger charge is 2.15. The average Bonchev–Trinajstić information content (AvgIpc) is 2.81. The van der Waals surface area contributed by atoms with Crippen molar-refractivity contribution in [3.63, 3.8) is 0 Å². The van der Waals surface area contributed by atoms with Crippen LogP contribution >= 0.6 is 0 Å². The molecule has 0 amide bonds. The van der Waals surface area contributed by atoms with Gasteiger partial charge in [0.25, 0.3) is 5.82 Å². The van der Waals surface area contributed by atoms with Gasteiger partial charge in [-0.2, -0.15) is 4.98 Å². The molecule has 0 radical (unpaired) electrons. The number of carbonyl (C=O) groups excluding carboxylic acids is 1. The van der Waals surface area contributed by atoms with Crippen molar-refractivity contribution in [3.05, 3.63) is 47.1 Å². The second kappa shape index (κ2) is 5.44. The first kappa shape index (κ1) is 12.3. The topological polar surface area (TPSA) is 65.2 Å². The molecule has 0 aliphatic heterocycles. The van der Waals surface area contributed by atoms with Gasteiger partial charge in [-0.3, -0.25) is 0 Å². The van der Waals surface area contributed by atoms with Crippen molar-refractivity contribution in [2.24, 2.45) is 0 Å². The normalized spacial score (nSPS) is 10.3. The lowest BCUT2D eigenvalue weighted by Crippen LogP contribution is -2.06. The number of benzene rings is 1. The lowest BCUT2D eigenvalue weighted by molar-refractivity contribution is 0.0508. The summed E-state index contributed by atoms with van der Waals surface area (Å²) in [6.07, 6.45) is 0.507. The van der Waals surface area contributed by atoms with Crippen molar-refractivity contribution >= 4 is 5.97 Å². The molecule has 0 atom stereocenters. The third-order valence-corrected chi connectivity index (χ3v) is 2.40. The Hall–Kier alpha value is -2.17. The van der Waals surface area contributed by atoms with E-state index in [1.165, 1.54) is 5.56 Å². The van der Waals surface area contributed by atoms with Gasteiger partial charge in [-0.15, -0.1) is 0 Å². The summed E-state index contributed by atoms with van der Waals surface area (Å²) in [5.74, 6) is -0.183. The maximum absolute atomic E-state index is 11.3. The monoisotopic (exact) mass is 246 g/mol. The Morgan fingerprint density at radius 2 is 2.06 bits per heavy atom. The summed E-state index contributed by atoms with van der Waals surface area (Å²) in [5, 5.41) is 3.59. The highest BCUT2D eigenvalue weighted by molar-refractivity contribution is 5.84. The molecule has 1 aromatic heterocycles. The fourth-order valence-corrected chi connectivity index (χ4v) is 1.49. The Bertz CT molecular complexity index is 531. The van der Waals surface area contributed by atoms with Crippen LogP contribution in [0.25, 0.3) is 0 Å². The molecule has 1 aromatic carbocycles. The van der Waals surface area contributed by atoms with Crippen molar-refractivity contribution in [1.82, 2.24) is 10.1 Å². The quantitative estimate of drug-likeness (QED) is 0.773. The van der Waals surface area contributed by atoms with Crippen LogP contribution in [0.5, 0.6) is 0 Å². The van der Waals surface area contributed by atoms with Crippen LogP contribution < -0.4 is 0 Å². The standard InChI is InChI=1S/C13H14N2O3/c1-3-17-13(16)12-14-11(18-15-12)8-10-6-4-9(2)5-7-10/h4-7H,3,8H2,1-2H3. The zero-order valence-electron chi connectivity index (χ0n) is 10.3. The SMILES string of the molecule is CCOC(=O)c1noc(Cc2ccc(C)cc2)n1. The molecule has 1 heterocycles. The van der Waals surface area contributed by atoms with Crippen LogP contribution in [0.1, 0.15) is 34.6 Å². The molecule has 0 unspecified atom stereocenters. The minimum atomic E-state index is -0.559. The Morgan fingerprint density at radius 3 is 2.72 bits per heavy atom. The van der Waals surface area contributed by atoms with Gasteiger partial charge in [0.05, 0.1) is 13.0 Å². The van der Waals surface area contributed by atoms with E-state index < -0.39 is 5.97 Å². The smallest absolute Gasteiger partial charge is 0.379 e. The van der Waals surface area contributed by atoms with E-state index in [1.807, 2.05) is 31.2 Å². The van der Waals surface area contributed by atoms with E-state index in [-0.39, 0.29) is 5.82 Å². The molecule has 0 saturated carbocycles. The van der Waals surface area contributed by atoms with Crippen LogP contribution in [-0.4, -0.2) is 22.7 Å². The number of ether oxygens (including phenoxy) is 1. The van der Waals surface area contributed by atoms with Crippen LogP contribution in [0.15, 0.2) is 28.8 Å². The van der Waals surface area contributed by atoms with Gasteiger partial charge in [0.2, 0.25) is 5.89 Å². The zero-order chi connectivity index (χ0) is 13.0. The van der Waals surface area contributed by atoms with Crippen molar-refractivity contribution < 1.29 is 14.1 Å². The molecule has 0 aliphatic carbocycles. The number of aromatic nitrogens is 2. The summed E-state index contributed by atoms with van der Waals surface area (Å²) in [4.78, 5) is 15.3. The lowest BCUT2D eigenvalue weighted by Gasteiger charge is -1.97. The Kier molecular flexibility index (Phi) is 3.72. The van der Waals surface area contributed by atoms with Gasteiger partial charge in [-0.1, -0.05) is 29.8 Å². The van der Waals surface area contributed by atoms with Crippen LogP contribution in [-0.2, 0) is 11.2 Å². The Labute approximate surface area is 105 Å². The van der Waals surface area contributed by atoms with Crippen LogP contribution in [0.4, 0.5) is 0 Å². The van der Waals surface area contributed by atoms with Crippen molar-refractivity contribution in [1.29, 1.82) is 0 Å². The molecule has 18 heavy (non-hydrogen) atoms. The molecule has 5 heteroatoms. The van der Waals surface area contributed by atoms with E-state index in [9.17, 15) is 4.79 Å². The van der Waals surface area contributed by atoms with E-state index in [2.05, 4.69) is 10.1 Å². The predicted octanol–water partition coefficient (Wildman–Crippen LogP) is 2.15. The number of hydrogen-bond donors (Lipinski definition) is 0. The molecular weight excluding hydrogens is 232 g/mol. The zero-order valence-corrected chi connectivity index (χ0v) is 10.3. The van der Waals surface area contributed by atoms with Crippen molar-refractivity contribution in [2.45, 2.75) is 20.3 Å². The highest BCUT2D eigenvalue weighted by atomic mass is 16.5. The van der Waals surface area contributed by atoms with Crippen molar-refractivity contribution in [3.8, 4) is 0 Å². The number of hydrogen-bond acceptors (Lipinski definition) is 5. The summed E-state index contributed by atoms with van der Waals surface area (Å²) in [5.41, 5.74) is 2.25. The predicted molar refractivity (Wildman–Crippen MR) is 64.2 cm³/mol. The summed E-state index contributed by atoms with van der Waals surface area (Å²) in [6.45, 7) is 4.04. The number of esters is 1. The molecule has 0 bridgehead atoms. The van der Waals surface area contributed by atoms with Gasteiger partial charge in [-0.05, 0) is 24.6 Å². The van der Waals surface area contributed by atoms with Crippen LogP contribution in [0.3, 0.4) is 0 Å². The second-order valence-corrected chi connectivity index (χ2v) is 3.89. The molecule has 0 spiro atoms. The second-order valence-electron chi connectivity index (χ2n) is 3.89. The lowest BCUT2D eigenvalue weighted by atomic mass is 10.1. The van der Waals surface area contributed by atoms with Gasteiger partial charge in [-0.25, -0.2) is 4.79 Å². The first-order valence-electron chi connectivity index (χ1n) is 5.74. The first-order valence-corrected chi connectivity index (χ1v) is 5.74. The molecule has 0 aliphatic rings. The summed E-state index contributed by atoms with van der Waals surface area (Å²) >= 11 is 0. The molecule has 2 aromatic rings. The van der Waals surface area contributed by atoms with Gasteiger partial charge in [0.15, 0.2) is 0 Å². The van der Waals surface area contributed by atoms with Crippen LogP contribution in [0.2, 0.25) is 0 Å². The number of rotatable bonds is 4. The Balaban J connectivity index is 2.06. The van der Waals surface area contributed by atoms with Crippen molar-refractivity contribution in [2.75, 3.05) is 6.61 Å². The molecular formula is C13H14N2O3. The minimum absolute atomic E-state index is 0.0287. The molecule has 5 nitrogen and oxygen atoms in total. The molecule has 0 fully saturated rings. The largest absolute Gasteiger partial charge is 0.460 e. The van der Waals surface area contributed by atoms with E-state index >= 15 is 0 Å². The molecule has 0 N–H and O–H groups in total. The maximum Gasteiger partial charge on any atom is 0.379 e. The highest BCUT2D eigenvalue weighted by Crippen LogP contribution is 2.09. The Morgan fingerprint density at radius 1 is 1.33 bits per heavy atom. The fraction of sp³-hybridized carbons (Fsp3) is 0.308. The van der Waals surface area contributed by atoms with Gasteiger partial charge in [0.1, 0.15) is 0 Å². The van der Waals surface area contributed by atoms with E-state index in [0.717, 1.165) is 5.56 Å². The average molecular weight is 246 g/mol. The van der Waals surface area contributed by atoms with E-state index in [0.29, 0.717) is 18.9 Å². The number of aryl methyl sites for hydroxylation is 1. The first-order chi connectivity index (χ1) is 8.69. The van der Waals surface area contributed by atoms with Gasteiger partial charge in [0, 0.05) is 0 Å². The minimum Gasteiger partial charge on any atom is -0.460 e. The number of carbonyl (C=O) groups is 1. The summed E-state index contributed by atoms with van der Waals surface area (Å²) in [6, 6.07) is 8.00. The maximum atomic E-state index is 11.3. The van der Waals surface area contributed by atoms with E-state index in [1.54, 1.807) is 6.92 Å². The molecule has 94 valence electrons. The third kappa shape index (κ3) is 2.94. The van der Waals surface area contributed by atoms with Gasteiger partial charge >= 0.3 is 5.97 Å². The van der Waals surface area contributed by atoms with Gasteiger partial charge < -0.3 is 9.26 Å². The fourth-order valence-electron chi connectivity index (χ4n) is 1.49. The third-order valence-electron chi connectivity index (χ3n) is 2.40. The summed E-state index contributed by atoms with van der Waals surface area (Å²) < 4.78 is 9.79. The van der Waals surface area contributed by atoms with Crippen LogP contribution in [0, 0.1) is 6.92 Å².